The van der Waals surface area contributed by atoms with E-state index < -0.39 is 23.0 Å². The molecule has 2 rings (SSSR count). The quantitative estimate of drug-likeness (QED) is 0.651. The maximum atomic E-state index is 12.7. The van der Waals surface area contributed by atoms with Crippen LogP contribution in [0.2, 0.25) is 5.02 Å². The van der Waals surface area contributed by atoms with E-state index in [4.69, 9.17) is 11.6 Å². The Kier molecular flexibility index (Phi) is 4.69. The second kappa shape index (κ2) is 6.19. The maximum absolute atomic E-state index is 12.7. The lowest BCUT2D eigenvalue weighted by molar-refractivity contribution is -0.137. The van der Waals surface area contributed by atoms with Gasteiger partial charge < -0.3 is 10.4 Å². The van der Waals surface area contributed by atoms with Crippen LogP contribution in [0.1, 0.15) is 33.4 Å². The number of rotatable bonds is 4. The van der Waals surface area contributed by atoms with Gasteiger partial charge in [0.15, 0.2) is 17.0 Å². The average Bonchev–Trinajstić information content (AvgIpc) is 2.89. The number of aliphatic hydroxyl groups is 1. The molecule has 2 aromatic heterocycles. The van der Waals surface area contributed by atoms with Gasteiger partial charge in [-0.1, -0.05) is 11.6 Å². The van der Waals surface area contributed by atoms with Crippen LogP contribution in [0.3, 0.4) is 0 Å². The van der Waals surface area contributed by atoms with E-state index in [2.05, 4.69) is 15.3 Å². The van der Waals surface area contributed by atoms with Crippen LogP contribution < -0.4 is 5.32 Å². The second-order valence-corrected chi connectivity index (χ2v) is 5.69. The van der Waals surface area contributed by atoms with E-state index in [9.17, 15) is 23.1 Å². The number of pyridine rings is 1. The topological polar surface area (TPSA) is 75.1 Å². The van der Waals surface area contributed by atoms with Crippen LogP contribution in [0.5, 0.6) is 0 Å². The van der Waals surface area contributed by atoms with E-state index in [1.165, 1.54) is 13.1 Å². The average molecular weight is 352 g/mol. The van der Waals surface area contributed by atoms with Crippen LogP contribution in [-0.2, 0) is 6.18 Å². The molecule has 0 radical (unpaired) electrons. The molecule has 0 aromatic carbocycles. The third kappa shape index (κ3) is 3.73. The number of carbonyl (C=O) groups excluding carboxylic acids is 1. The zero-order chi connectivity index (χ0) is 16.5. The Labute approximate surface area is 131 Å². The highest BCUT2D eigenvalue weighted by atomic mass is 35.5. The van der Waals surface area contributed by atoms with Gasteiger partial charge >= 0.3 is 6.18 Å². The Bertz CT molecular complexity index is 705. The van der Waals surface area contributed by atoms with Crippen molar-refractivity contribution in [1.82, 2.24) is 9.97 Å². The summed E-state index contributed by atoms with van der Waals surface area (Å²) in [5.41, 5.74) is -1.06. The van der Waals surface area contributed by atoms with Gasteiger partial charge in [0.2, 0.25) is 0 Å². The second-order valence-electron chi connectivity index (χ2n) is 4.22. The van der Waals surface area contributed by atoms with Crippen LogP contribution in [0, 0.1) is 0 Å². The van der Waals surface area contributed by atoms with Crippen LogP contribution >= 0.6 is 22.9 Å². The van der Waals surface area contributed by atoms with Crippen molar-refractivity contribution in [2.75, 3.05) is 5.32 Å². The lowest BCUT2D eigenvalue weighted by atomic mass is 10.2. The Hall–Kier alpha value is -1.71. The highest BCUT2D eigenvalue weighted by molar-refractivity contribution is 7.13. The molecule has 0 saturated carbocycles. The summed E-state index contributed by atoms with van der Waals surface area (Å²) in [5, 5.41) is 12.0. The van der Waals surface area contributed by atoms with Crippen molar-refractivity contribution in [1.29, 1.82) is 0 Å². The SMILES string of the molecule is CC(=O)c1ncc(C(O)Nc2cc(C(F)(F)F)c(Cl)cn2)s1. The molecule has 2 heterocycles. The third-order valence-corrected chi connectivity index (χ3v) is 3.99. The number of aliphatic hydroxyl groups excluding tert-OH is 1. The molecule has 0 amide bonds. The van der Waals surface area contributed by atoms with Gasteiger partial charge in [0.1, 0.15) is 5.82 Å². The van der Waals surface area contributed by atoms with Crippen molar-refractivity contribution in [2.24, 2.45) is 0 Å². The van der Waals surface area contributed by atoms with Crippen LogP contribution in [0.25, 0.3) is 0 Å². The number of thiazole rings is 1. The smallest absolute Gasteiger partial charge is 0.369 e. The van der Waals surface area contributed by atoms with Gasteiger partial charge in [0.25, 0.3) is 0 Å². The Balaban J connectivity index is 2.21. The minimum Gasteiger partial charge on any atom is -0.369 e. The highest BCUT2D eigenvalue weighted by Gasteiger charge is 2.34. The van der Waals surface area contributed by atoms with Crippen LogP contribution in [-0.4, -0.2) is 20.9 Å². The van der Waals surface area contributed by atoms with Crippen molar-refractivity contribution < 1.29 is 23.1 Å². The van der Waals surface area contributed by atoms with Gasteiger partial charge in [0.05, 0.1) is 15.5 Å². The minimum atomic E-state index is -4.63. The van der Waals surface area contributed by atoms with Crippen molar-refractivity contribution in [3.63, 3.8) is 0 Å². The molecule has 2 aromatic rings. The van der Waals surface area contributed by atoms with E-state index in [0.717, 1.165) is 17.5 Å². The van der Waals surface area contributed by atoms with E-state index >= 15 is 0 Å². The molecule has 0 bridgehead atoms. The van der Waals surface area contributed by atoms with Crippen LogP contribution in [0.15, 0.2) is 18.5 Å². The third-order valence-electron chi connectivity index (χ3n) is 2.54. The minimum absolute atomic E-state index is 0.191. The van der Waals surface area contributed by atoms with Gasteiger partial charge in [-0.05, 0) is 6.07 Å². The number of alkyl halides is 3. The van der Waals surface area contributed by atoms with Gasteiger partial charge in [-0.15, -0.1) is 11.3 Å². The van der Waals surface area contributed by atoms with Gasteiger partial charge in [-0.2, -0.15) is 13.2 Å². The van der Waals surface area contributed by atoms with E-state index in [-0.39, 0.29) is 21.5 Å². The predicted octanol–water partition coefficient (Wildman–Crippen LogP) is 3.52. The normalized spacial score (nSPS) is 13.0. The predicted molar refractivity (Wildman–Crippen MR) is 75.0 cm³/mol. The fourth-order valence-electron chi connectivity index (χ4n) is 1.52. The number of Topliss-reactive ketones (excluding diaryl/α,β-unsaturated/α-hetero) is 1. The lowest BCUT2D eigenvalue weighted by Gasteiger charge is -2.14. The van der Waals surface area contributed by atoms with E-state index in [1.54, 1.807) is 0 Å². The summed E-state index contributed by atoms with van der Waals surface area (Å²) in [4.78, 5) is 18.9. The molecule has 1 atom stereocenters. The number of nitrogens with one attached hydrogen (secondary N) is 1. The molecule has 0 aliphatic carbocycles. The van der Waals surface area contributed by atoms with Crippen molar-refractivity contribution in [3.8, 4) is 0 Å². The van der Waals surface area contributed by atoms with E-state index in [0.29, 0.717) is 6.07 Å². The summed E-state index contributed by atoms with van der Waals surface area (Å²) >= 11 is 6.39. The Morgan fingerprint density at radius 2 is 2.09 bits per heavy atom. The molecule has 2 N–H and O–H groups in total. The van der Waals surface area contributed by atoms with Crippen molar-refractivity contribution in [2.45, 2.75) is 19.3 Å². The molecule has 5 nitrogen and oxygen atoms in total. The molecule has 0 aliphatic rings. The van der Waals surface area contributed by atoms with Gasteiger partial charge in [-0.25, -0.2) is 9.97 Å². The van der Waals surface area contributed by atoms with E-state index in [1.807, 2.05) is 0 Å². The monoisotopic (exact) mass is 351 g/mol. The van der Waals surface area contributed by atoms with Crippen molar-refractivity contribution in [3.05, 3.63) is 38.9 Å². The summed E-state index contributed by atoms with van der Waals surface area (Å²) < 4.78 is 38.2. The summed E-state index contributed by atoms with van der Waals surface area (Å²) in [7, 11) is 0. The maximum Gasteiger partial charge on any atom is 0.418 e. The van der Waals surface area contributed by atoms with Gasteiger partial charge in [-0.3, -0.25) is 4.79 Å². The standard InChI is InChI=1S/C12H9ClF3N3O2S/c1-5(20)11-18-4-8(22-11)10(21)19-9-2-6(12(14,15)16)7(13)3-17-9/h2-4,10,21H,1H3,(H,17,19). The number of ketones is 1. The molecule has 10 heteroatoms. The number of anilines is 1. The first-order valence-corrected chi connectivity index (χ1v) is 7.02. The summed E-state index contributed by atoms with van der Waals surface area (Å²) in [6.45, 7) is 1.32. The first kappa shape index (κ1) is 16.7. The zero-order valence-electron chi connectivity index (χ0n) is 11.0. The fraction of sp³-hybridized carbons (Fsp3) is 0.250. The molecule has 22 heavy (non-hydrogen) atoms. The Morgan fingerprint density at radius 1 is 1.41 bits per heavy atom. The molecular weight excluding hydrogens is 343 g/mol. The fourth-order valence-corrected chi connectivity index (χ4v) is 2.48. The molecule has 0 saturated heterocycles. The molecular formula is C12H9ClF3N3O2S. The molecule has 0 spiro atoms. The highest BCUT2D eigenvalue weighted by Crippen LogP contribution is 2.35. The first-order chi connectivity index (χ1) is 10.2. The summed E-state index contributed by atoms with van der Waals surface area (Å²) in [6.07, 6.45) is -3.87. The van der Waals surface area contributed by atoms with Crippen molar-refractivity contribution >= 4 is 34.5 Å². The Morgan fingerprint density at radius 3 is 2.64 bits per heavy atom. The number of carbonyl (C=O) groups is 1. The first-order valence-electron chi connectivity index (χ1n) is 5.82. The molecule has 1 unspecified atom stereocenters. The zero-order valence-corrected chi connectivity index (χ0v) is 12.6. The largest absolute Gasteiger partial charge is 0.418 e. The molecule has 0 fully saturated rings. The number of nitrogens with zero attached hydrogens (tertiary/aromatic N) is 2. The molecule has 0 aliphatic heterocycles. The van der Waals surface area contributed by atoms with Gasteiger partial charge in [0, 0.05) is 19.3 Å². The summed E-state index contributed by atoms with van der Waals surface area (Å²) in [5.74, 6) is -0.477. The summed E-state index contributed by atoms with van der Waals surface area (Å²) in [6, 6.07) is 0.693. The number of hydrogen-bond acceptors (Lipinski definition) is 6. The number of hydrogen-bond donors (Lipinski definition) is 2. The number of halogens is 4. The number of aromatic nitrogens is 2. The lowest BCUT2D eigenvalue weighted by Crippen LogP contribution is -2.12. The van der Waals surface area contributed by atoms with Crippen LogP contribution in [0.4, 0.5) is 19.0 Å². The molecule has 118 valence electrons.